The summed E-state index contributed by atoms with van der Waals surface area (Å²) in [5.41, 5.74) is 4.82. The summed E-state index contributed by atoms with van der Waals surface area (Å²) in [7, 11) is 1.55. The second-order valence-electron chi connectivity index (χ2n) is 3.25. The van der Waals surface area contributed by atoms with Crippen LogP contribution in [0.2, 0.25) is 0 Å². The second kappa shape index (κ2) is 5.62. The van der Waals surface area contributed by atoms with Crippen LogP contribution in [0.3, 0.4) is 0 Å². The van der Waals surface area contributed by atoms with Gasteiger partial charge in [0.05, 0.1) is 0 Å². The Morgan fingerprint density at radius 3 is 2.69 bits per heavy atom. The summed E-state index contributed by atoms with van der Waals surface area (Å²) in [6.07, 6.45) is -0.248. The third-order valence-corrected chi connectivity index (χ3v) is 3.13. The molecule has 0 bridgehead atoms. The predicted octanol–water partition coefficient (Wildman–Crippen LogP) is 0.346. The standard InChI is InChI=1S/C10H14N2O3S/c1-6-3-4-8(16-6)7(15-2)5-12-10(14)9(11)13/h3-4,7H,5H2,1-2H3,(H2,11,13)(H,12,14). The van der Waals surface area contributed by atoms with Crippen molar-refractivity contribution in [1.29, 1.82) is 0 Å². The van der Waals surface area contributed by atoms with E-state index in [9.17, 15) is 9.59 Å². The average Bonchev–Trinajstić information content (AvgIpc) is 2.65. The van der Waals surface area contributed by atoms with Crippen molar-refractivity contribution in [3.63, 3.8) is 0 Å². The molecule has 0 aliphatic heterocycles. The quantitative estimate of drug-likeness (QED) is 0.747. The van der Waals surface area contributed by atoms with E-state index in [0.29, 0.717) is 0 Å². The van der Waals surface area contributed by atoms with Crippen molar-refractivity contribution in [2.75, 3.05) is 13.7 Å². The number of methoxy groups -OCH3 is 1. The first-order valence-corrected chi connectivity index (χ1v) is 5.53. The molecule has 0 aromatic carbocycles. The van der Waals surface area contributed by atoms with Crippen LogP contribution in [-0.4, -0.2) is 25.5 Å². The summed E-state index contributed by atoms with van der Waals surface area (Å²) in [6, 6.07) is 3.91. The number of carbonyl (C=O) groups is 2. The fraction of sp³-hybridized carbons (Fsp3) is 0.400. The van der Waals surface area contributed by atoms with Gasteiger partial charge in [-0.2, -0.15) is 0 Å². The van der Waals surface area contributed by atoms with E-state index in [2.05, 4.69) is 5.32 Å². The first-order valence-electron chi connectivity index (χ1n) is 4.71. The zero-order valence-corrected chi connectivity index (χ0v) is 9.97. The zero-order chi connectivity index (χ0) is 12.1. The Morgan fingerprint density at radius 1 is 1.56 bits per heavy atom. The van der Waals surface area contributed by atoms with E-state index in [4.69, 9.17) is 10.5 Å². The molecule has 3 N–H and O–H groups in total. The summed E-state index contributed by atoms with van der Waals surface area (Å²) < 4.78 is 5.22. The lowest BCUT2D eigenvalue weighted by atomic mass is 10.3. The van der Waals surface area contributed by atoms with Gasteiger partial charge in [0, 0.05) is 23.4 Å². The van der Waals surface area contributed by atoms with E-state index in [1.807, 2.05) is 19.1 Å². The molecular formula is C10H14N2O3S. The molecule has 1 aromatic heterocycles. The van der Waals surface area contributed by atoms with Crippen LogP contribution in [0.1, 0.15) is 15.9 Å². The largest absolute Gasteiger partial charge is 0.374 e. The Morgan fingerprint density at radius 2 is 2.25 bits per heavy atom. The zero-order valence-electron chi connectivity index (χ0n) is 9.15. The Balaban J connectivity index is 2.56. The Kier molecular flexibility index (Phi) is 4.45. The van der Waals surface area contributed by atoms with Gasteiger partial charge in [-0.25, -0.2) is 0 Å². The number of rotatable bonds is 4. The van der Waals surface area contributed by atoms with E-state index in [-0.39, 0.29) is 12.6 Å². The van der Waals surface area contributed by atoms with Gasteiger partial charge in [-0.15, -0.1) is 11.3 Å². The number of aryl methyl sites for hydroxylation is 1. The van der Waals surface area contributed by atoms with Crippen LogP contribution in [-0.2, 0) is 14.3 Å². The van der Waals surface area contributed by atoms with Crippen molar-refractivity contribution < 1.29 is 14.3 Å². The lowest BCUT2D eigenvalue weighted by molar-refractivity contribution is -0.137. The number of carbonyl (C=O) groups excluding carboxylic acids is 2. The molecule has 1 aromatic rings. The lowest BCUT2D eigenvalue weighted by Gasteiger charge is -2.13. The van der Waals surface area contributed by atoms with Crippen LogP contribution in [0.25, 0.3) is 0 Å². The van der Waals surface area contributed by atoms with Gasteiger partial charge in [0.1, 0.15) is 6.10 Å². The molecule has 1 unspecified atom stereocenters. The number of thiophene rings is 1. The topological polar surface area (TPSA) is 81.4 Å². The summed E-state index contributed by atoms with van der Waals surface area (Å²) in [5, 5.41) is 2.41. The summed E-state index contributed by atoms with van der Waals surface area (Å²) in [6.45, 7) is 2.22. The van der Waals surface area contributed by atoms with Crippen molar-refractivity contribution in [3.05, 3.63) is 21.9 Å². The van der Waals surface area contributed by atoms with Crippen LogP contribution in [0.5, 0.6) is 0 Å². The van der Waals surface area contributed by atoms with Crippen LogP contribution in [0.15, 0.2) is 12.1 Å². The molecule has 0 aliphatic carbocycles. The van der Waals surface area contributed by atoms with Gasteiger partial charge in [-0.3, -0.25) is 9.59 Å². The van der Waals surface area contributed by atoms with Gasteiger partial charge < -0.3 is 15.8 Å². The molecule has 0 saturated heterocycles. The highest BCUT2D eigenvalue weighted by Crippen LogP contribution is 2.24. The van der Waals surface area contributed by atoms with Gasteiger partial charge >= 0.3 is 11.8 Å². The van der Waals surface area contributed by atoms with Crippen LogP contribution in [0, 0.1) is 6.92 Å². The molecular weight excluding hydrogens is 228 g/mol. The molecule has 1 heterocycles. The third kappa shape index (κ3) is 3.32. The van der Waals surface area contributed by atoms with Crippen LogP contribution < -0.4 is 11.1 Å². The highest BCUT2D eigenvalue weighted by Gasteiger charge is 2.15. The molecule has 0 aliphatic rings. The number of hydrogen-bond donors (Lipinski definition) is 2. The van der Waals surface area contributed by atoms with Crippen molar-refractivity contribution in [3.8, 4) is 0 Å². The molecule has 0 spiro atoms. The fourth-order valence-corrected chi connectivity index (χ4v) is 2.15. The minimum absolute atomic E-state index is 0.234. The number of amides is 2. The second-order valence-corrected chi connectivity index (χ2v) is 4.57. The van der Waals surface area contributed by atoms with Crippen molar-refractivity contribution in [2.24, 2.45) is 5.73 Å². The molecule has 0 saturated carbocycles. The van der Waals surface area contributed by atoms with Crippen LogP contribution in [0.4, 0.5) is 0 Å². The first kappa shape index (κ1) is 12.7. The Bertz CT molecular complexity index is 389. The van der Waals surface area contributed by atoms with Gasteiger partial charge in [0.2, 0.25) is 0 Å². The molecule has 6 heteroatoms. The molecule has 1 atom stereocenters. The molecule has 2 amide bonds. The van der Waals surface area contributed by atoms with Crippen molar-refractivity contribution in [1.82, 2.24) is 5.32 Å². The highest BCUT2D eigenvalue weighted by atomic mass is 32.1. The summed E-state index contributed by atoms with van der Waals surface area (Å²) in [5.74, 6) is -1.78. The number of nitrogens with two attached hydrogens (primary N) is 1. The Hall–Kier alpha value is -1.40. The van der Waals surface area contributed by atoms with Gasteiger partial charge in [0.25, 0.3) is 0 Å². The number of primary amides is 1. The lowest BCUT2D eigenvalue weighted by Crippen LogP contribution is -2.38. The van der Waals surface area contributed by atoms with Gasteiger partial charge in [0.15, 0.2) is 0 Å². The molecule has 88 valence electrons. The maximum atomic E-state index is 11.0. The predicted molar refractivity (Wildman–Crippen MR) is 61.0 cm³/mol. The maximum absolute atomic E-state index is 11.0. The van der Waals surface area contributed by atoms with Gasteiger partial charge in [-0.05, 0) is 19.1 Å². The molecule has 5 nitrogen and oxygen atoms in total. The summed E-state index contributed by atoms with van der Waals surface area (Å²) >= 11 is 1.59. The molecule has 0 radical (unpaired) electrons. The Labute approximate surface area is 97.6 Å². The number of ether oxygens (including phenoxy) is 1. The minimum Gasteiger partial charge on any atom is -0.374 e. The molecule has 0 fully saturated rings. The van der Waals surface area contributed by atoms with E-state index in [0.717, 1.165) is 4.88 Å². The highest BCUT2D eigenvalue weighted by molar-refractivity contribution is 7.12. The van der Waals surface area contributed by atoms with Gasteiger partial charge in [-0.1, -0.05) is 0 Å². The number of hydrogen-bond acceptors (Lipinski definition) is 4. The molecule has 1 rings (SSSR count). The van der Waals surface area contributed by atoms with E-state index in [1.54, 1.807) is 18.4 Å². The first-order chi connectivity index (χ1) is 7.54. The SMILES string of the molecule is COC(CNC(=O)C(N)=O)c1ccc(C)s1. The molecule has 16 heavy (non-hydrogen) atoms. The third-order valence-electron chi connectivity index (χ3n) is 2.03. The summed E-state index contributed by atoms with van der Waals surface area (Å²) in [4.78, 5) is 23.6. The smallest absolute Gasteiger partial charge is 0.309 e. The van der Waals surface area contributed by atoms with Crippen molar-refractivity contribution in [2.45, 2.75) is 13.0 Å². The fourth-order valence-electron chi connectivity index (χ4n) is 1.20. The van der Waals surface area contributed by atoms with E-state index in [1.165, 1.54) is 4.88 Å². The monoisotopic (exact) mass is 242 g/mol. The van der Waals surface area contributed by atoms with E-state index < -0.39 is 11.8 Å². The normalized spacial score (nSPS) is 12.1. The van der Waals surface area contributed by atoms with Crippen LogP contribution >= 0.6 is 11.3 Å². The van der Waals surface area contributed by atoms with Crippen molar-refractivity contribution >= 4 is 23.2 Å². The minimum atomic E-state index is -0.989. The average molecular weight is 242 g/mol. The number of nitrogens with one attached hydrogen (secondary N) is 1. The van der Waals surface area contributed by atoms with E-state index >= 15 is 0 Å². The maximum Gasteiger partial charge on any atom is 0.309 e.